The standard InChI is InChI=1S/C17H21N3O3S2/c1-4-24-10-13-9-15(21)20-17(19-13)25-11(2)16(22)18-12-6-5-7-14(8-12)23-3/h5-9,11H,4,10H2,1-3H3,(H,18,22)(H,19,20,21). The number of H-pyrrole nitrogens is 1. The minimum atomic E-state index is -0.413. The monoisotopic (exact) mass is 379 g/mol. The normalized spacial score (nSPS) is 11.8. The van der Waals surface area contributed by atoms with E-state index >= 15 is 0 Å². The maximum absolute atomic E-state index is 12.4. The summed E-state index contributed by atoms with van der Waals surface area (Å²) < 4.78 is 5.14. The third kappa shape index (κ3) is 6.13. The lowest BCUT2D eigenvalue weighted by Gasteiger charge is -2.12. The minimum absolute atomic E-state index is 0.172. The summed E-state index contributed by atoms with van der Waals surface area (Å²) in [7, 11) is 1.57. The fraction of sp³-hybridized carbons (Fsp3) is 0.353. The van der Waals surface area contributed by atoms with E-state index in [1.54, 1.807) is 44.0 Å². The van der Waals surface area contributed by atoms with Crippen LogP contribution in [0, 0.1) is 0 Å². The number of carbonyl (C=O) groups excluding carboxylic acids is 1. The predicted molar refractivity (Wildman–Crippen MR) is 104 cm³/mol. The molecule has 2 N–H and O–H groups in total. The molecule has 0 saturated heterocycles. The molecule has 1 atom stereocenters. The van der Waals surface area contributed by atoms with E-state index in [-0.39, 0.29) is 11.5 Å². The van der Waals surface area contributed by atoms with Gasteiger partial charge in [0.05, 0.1) is 18.1 Å². The number of methoxy groups -OCH3 is 1. The number of hydrogen-bond acceptors (Lipinski definition) is 6. The lowest BCUT2D eigenvalue weighted by molar-refractivity contribution is -0.115. The Morgan fingerprint density at radius 2 is 2.20 bits per heavy atom. The molecule has 25 heavy (non-hydrogen) atoms. The van der Waals surface area contributed by atoms with Crippen molar-refractivity contribution in [2.24, 2.45) is 0 Å². The Hall–Kier alpha value is -1.93. The van der Waals surface area contributed by atoms with Crippen molar-refractivity contribution < 1.29 is 9.53 Å². The maximum atomic E-state index is 12.4. The molecule has 1 amide bonds. The second-order valence-corrected chi connectivity index (χ2v) is 7.76. The van der Waals surface area contributed by atoms with Crippen LogP contribution in [0.15, 0.2) is 40.3 Å². The van der Waals surface area contributed by atoms with Crippen molar-refractivity contribution in [3.63, 3.8) is 0 Å². The fourth-order valence-electron chi connectivity index (χ4n) is 1.99. The summed E-state index contributed by atoms with van der Waals surface area (Å²) in [5.41, 5.74) is 1.18. The molecule has 0 aliphatic rings. The van der Waals surface area contributed by atoms with Crippen LogP contribution in [0.3, 0.4) is 0 Å². The van der Waals surface area contributed by atoms with Gasteiger partial charge in [-0.2, -0.15) is 11.8 Å². The number of carbonyl (C=O) groups is 1. The van der Waals surface area contributed by atoms with E-state index < -0.39 is 5.25 Å². The molecule has 134 valence electrons. The molecule has 0 aliphatic heterocycles. The van der Waals surface area contributed by atoms with Gasteiger partial charge < -0.3 is 15.0 Å². The van der Waals surface area contributed by atoms with E-state index in [1.165, 1.54) is 17.8 Å². The summed E-state index contributed by atoms with van der Waals surface area (Å²) >= 11 is 2.92. The number of aromatic amines is 1. The molecule has 1 heterocycles. The van der Waals surface area contributed by atoms with E-state index in [0.717, 1.165) is 11.4 Å². The van der Waals surface area contributed by atoms with E-state index in [2.05, 4.69) is 22.2 Å². The van der Waals surface area contributed by atoms with Gasteiger partial charge in [-0.3, -0.25) is 9.59 Å². The Kier molecular flexibility index (Phi) is 7.39. The molecule has 0 spiro atoms. The zero-order valence-corrected chi connectivity index (χ0v) is 16.0. The summed E-state index contributed by atoms with van der Waals surface area (Å²) in [4.78, 5) is 31.2. The van der Waals surface area contributed by atoms with Crippen molar-refractivity contribution in [1.29, 1.82) is 0 Å². The summed E-state index contributed by atoms with van der Waals surface area (Å²) in [6.07, 6.45) is 0. The number of ether oxygens (including phenoxy) is 1. The predicted octanol–water partition coefficient (Wildman–Crippen LogP) is 3.15. The van der Waals surface area contributed by atoms with Gasteiger partial charge in [0.2, 0.25) is 5.91 Å². The number of nitrogens with one attached hydrogen (secondary N) is 2. The van der Waals surface area contributed by atoms with E-state index in [9.17, 15) is 9.59 Å². The fourth-order valence-corrected chi connectivity index (χ4v) is 3.38. The van der Waals surface area contributed by atoms with Gasteiger partial charge in [-0.25, -0.2) is 4.98 Å². The van der Waals surface area contributed by atoms with Gasteiger partial charge in [-0.15, -0.1) is 0 Å². The molecular formula is C17H21N3O3S2. The molecule has 8 heteroatoms. The Labute approximate surface area is 155 Å². The average molecular weight is 380 g/mol. The van der Waals surface area contributed by atoms with Crippen molar-refractivity contribution >= 4 is 35.1 Å². The molecule has 1 aromatic carbocycles. The van der Waals surface area contributed by atoms with Crippen molar-refractivity contribution in [1.82, 2.24) is 9.97 Å². The van der Waals surface area contributed by atoms with Crippen LogP contribution in [0.4, 0.5) is 5.69 Å². The van der Waals surface area contributed by atoms with Crippen LogP contribution in [0.25, 0.3) is 0 Å². The van der Waals surface area contributed by atoms with Crippen LogP contribution in [0.1, 0.15) is 19.5 Å². The third-order valence-electron chi connectivity index (χ3n) is 3.22. The molecule has 2 rings (SSSR count). The SMILES string of the molecule is CCSCc1cc(=O)[nH]c(SC(C)C(=O)Nc2cccc(OC)c2)n1. The maximum Gasteiger partial charge on any atom is 0.251 e. The first-order valence-electron chi connectivity index (χ1n) is 7.81. The van der Waals surface area contributed by atoms with Crippen LogP contribution < -0.4 is 15.6 Å². The van der Waals surface area contributed by atoms with Gasteiger partial charge in [-0.1, -0.05) is 24.8 Å². The summed E-state index contributed by atoms with van der Waals surface area (Å²) in [6.45, 7) is 3.83. The Morgan fingerprint density at radius 3 is 2.92 bits per heavy atom. The van der Waals surface area contributed by atoms with E-state index in [0.29, 0.717) is 22.3 Å². The molecule has 0 fully saturated rings. The molecule has 0 bridgehead atoms. The van der Waals surface area contributed by atoms with Crippen LogP contribution in [0.5, 0.6) is 5.75 Å². The number of amides is 1. The molecule has 1 unspecified atom stereocenters. The molecule has 0 radical (unpaired) electrons. The quantitative estimate of drug-likeness (QED) is 0.541. The highest BCUT2D eigenvalue weighted by Gasteiger charge is 2.16. The molecule has 1 aromatic heterocycles. The molecule has 6 nitrogen and oxygen atoms in total. The number of anilines is 1. The second kappa shape index (κ2) is 9.53. The molecular weight excluding hydrogens is 358 g/mol. The summed E-state index contributed by atoms with van der Waals surface area (Å²) in [6, 6.07) is 8.65. The zero-order valence-electron chi connectivity index (χ0n) is 14.4. The molecule has 0 aliphatic carbocycles. The number of hydrogen-bond donors (Lipinski definition) is 2. The topological polar surface area (TPSA) is 84.1 Å². The van der Waals surface area contributed by atoms with Crippen molar-refractivity contribution in [3.05, 3.63) is 46.4 Å². The molecule has 2 aromatic rings. The van der Waals surface area contributed by atoms with Gasteiger partial charge in [0, 0.05) is 23.6 Å². The number of thioether (sulfide) groups is 2. The number of rotatable bonds is 8. The highest BCUT2D eigenvalue weighted by atomic mass is 32.2. The Morgan fingerprint density at radius 1 is 1.40 bits per heavy atom. The van der Waals surface area contributed by atoms with Gasteiger partial charge in [0.25, 0.3) is 5.56 Å². The first-order chi connectivity index (χ1) is 12.0. The number of aromatic nitrogens is 2. The van der Waals surface area contributed by atoms with Crippen LogP contribution in [0.2, 0.25) is 0 Å². The van der Waals surface area contributed by atoms with Crippen molar-refractivity contribution in [3.8, 4) is 5.75 Å². The minimum Gasteiger partial charge on any atom is -0.497 e. The largest absolute Gasteiger partial charge is 0.497 e. The highest BCUT2D eigenvalue weighted by Crippen LogP contribution is 2.22. The first-order valence-corrected chi connectivity index (χ1v) is 9.84. The van der Waals surface area contributed by atoms with Gasteiger partial charge in [0.1, 0.15) is 5.75 Å². The van der Waals surface area contributed by atoms with Crippen LogP contribution in [-0.4, -0.2) is 34.0 Å². The summed E-state index contributed by atoms with van der Waals surface area (Å²) in [5, 5.41) is 2.87. The van der Waals surface area contributed by atoms with Crippen molar-refractivity contribution in [2.75, 3.05) is 18.2 Å². The Balaban J connectivity index is 2.02. The van der Waals surface area contributed by atoms with Gasteiger partial charge >= 0.3 is 0 Å². The van der Waals surface area contributed by atoms with Crippen LogP contribution >= 0.6 is 23.5 Å². The van der Waals surface area contributed by atoms with Crippen LogP contribution in [-0.2, 0) is 10.5 Å². The molecule has 0 saturated carbocycles. The second-order valence-electron chi connectivity index (χ2n) is 5.16. The smallest absolute Gasteiger partial charge is 0.251 e. The Bertz CT molecular complexity index is 780. The third-order valence-corrected chi connectivity index (χ3v) is 5.11. The van der Waals surface area contributed by atoms with Gasteiger partial charge in [0.15, 0.2) is 5.16 Å². The zero-order chi connectivity index (χ0) is 18.2. The lowest BCUT2D eigenvalue weighted by Crippen LogP contribution is -2.23. The van der Waals surface area contributed by atoms with E-state index in [1.807, 2.05) is 6.07 Å². The number of benzene rings is 1. The van der Waals surface area contributed by atoms with Crippen molar-refractivity contribution in [2.45, 2.75) is 30.0 Å². The average Bonchev–Trinajstić information content (AvgIpc) is 2.59. The first kappa shape index (κ1) is 19.4. The van der Waals surface area contributed by atoms with Gasteiger partial charge in [-0.05, 0) is 24.8 Å². The highest BCUT2D eigenvalue weighted by molar-refractivity contribution is 8.00. The summed E-state index contributed by atoms with van der Waals surface area (Å²) in [5.74, 6) is 2.13. The number of nitrogens with zero attached hydrogens (tertiary/aromatic N) is 1. The lowest BCUT2D eigenvalue weighted by atomic mass is 10.3. The van der Waals surface area contributed by atoms with E-state index in [4.69, 9.17) is 4.74 Å².